The van der Waals surface area contributed by atoms with E-state index >= 15 is 0 Å². The molecule has 1 aromatic rings. The molecule has 0 bridgehead atoms. The van der Waals surface area contributed by atoms with Gasteiger partial charge in [-0.05, 0) is 23.8 Å². The van der Waals surface area contributed by atoms with Gasteiger partial charge in [0.05, 0.1) is 0 Å². The van der Waals surface area contributed by atoms with Gasteiger partial charge in [0.15, 0.2) is 0 Å². The maximum absolute atomic E-state index is 5.98. The molecule has 1 N–H and O–H groups in total. The van der Waals surface area contributed by atoms with Crippen molar-refractivity contribution < 1.29 is 0 Å². The molecule has 0 radical (unpaired) electrons. The summed E-state index contributed by atoms with van der Waals surface area (Å²) in [7, 11) is 0. The van der Waals surface area contributed by atoms with Crippen LogP contribution in [0.15, 0.2) is 22.7 Å². The van der Waals surface area contributed by atoms with Gasteiger partial charge in [-0.15, -0.1) is 12.4 Å². The lowest BCUT2D eigenvalue weighted by atomic mass is 10.2. The summed E-state index contributed by atoms with van der Waals surface area (Å²) in [6.07, 6.45) is 0. The number of hydrogen-bond acceptors (Lipinski definition) is 2. The van der Waals surface area contributed by atoms with Crippen LogP contribution in [0.4, 0.5) is 0 Å². The number of nitrogens with zero attached hydrogens (tertiary/aromatic N) is 1. The fourth-order valence-corrected chi connectivity index (χ4v) is 2.34. The van der Waals surface area contributed by atoms with Gasteiger partial charge < -0.3 is 5.32 Å². The van der Waals surface area contributed by atoms with Crippen molar-refractivity contribution in [1.29, 1.82) is 0 Å². The lowest BCUT2D eigenvalue weighted by molar-refractivity contribution is 0.233. The minimum absolute atomic E-state index is 0. The van der Waals surface area contributed by atoms with Crippen molar-refractivity contribution in [2.75, 3.05) is 26.2 Å². The van der Waals surface area contributed by atoms with E-state index in [1.807, 2.05) is 18.2 Å². The van der Waals surface area contributed by atoms with Gasteiger partial charge in [0.1, 0.15) is 0 Å². The van der Waals surface area contributed by atoms with Crippen molar-refractivity contribution in [3.05, 3.63) is 33.3 Å². The van der Waals surface area contributed by atoms with Gasteiger partial charge in [-0.3, -0.25) is 4.90 Å². The Morgan fingerprint density at radius 1 is 1.31 bits per heavy atom. The number of hydrogen-bond donors (Lipinski definition) is 1. The highest BCUT2D eigenvalue weighted by Crippen LogP contribution is 2.22. The summed E-state index contributed by atoms with van der Waals surface area (Å²) < 4.78 is 1.14. The molecular weight excluding hydrogens is 311 g/mol. The molecule has 1 aromatic carbocycles. The quantitative estimate of drug-likeness (QED) is 0.899. The number of rotatable bonds is 2. The van der Waals surface area contributed by atoms with Gasteiger partial charge in [-0.25, -0.2) is 0 Å². The lowest BCUT2D eigenvalue weighted by Crippen LogP contribution is -2.42. The molecule has 5 heteroatoms. The Morgan fingerprint density at radius 3 is 2.69 bits per heavy atom. The molecule has 0 unspecified atom stereocenters. The monoisotopic (exact) mass is 324 g/mol. The lowest BCUT2D eigenvalue weighted by Gasteiger charge is -2.27. The minimum atomic E-state index is 0. The highest BCUT2D eigenvalue weighted by molar-refractivity contribution is 9.10. The summed E-state index contributed by atoms with van der Waals surface area (Å²) in [5.41, 5.74) is 1.27. The van der Waals surface area contributed by atoms with E-state index in [9.17, 15) is 0 Å². The smallest absolute Gasteiger partial charge is 0.0410 e. The normalized spacial score (nSPS) is 16.9. The molecule has 1 fully saturated rings. The first kappa shape index (κ1) is 14.3. The van der Waals surface area contributed by atoms with E-state index in [1.165, 1.54) is 5.56 Å². The van der Waals surface area contributed by atoms with Crippen LogP contribution in [0.25, 0.3) is 0 Å². The van der Waals surface area contributed by atoms with E-state index in [4.69, 9.17) is 11.6 Å². The second-order valence-corrected chi connectivity index (χ2v) is 5.05. The largest absolute Gasteiger partial charge is 0.314 e. The summed E-state index contributed by atoms with van der Waals surface area (Å²) in [5.74, 6) is 0. The molecule has 1 heterocycles. The van der Waals surface area contributed by atoms with Crippen molar-refractivity contribution in [1.82, 2.24) is 10.2 Å². The molecule has 16 heavy (non-hydrogen) atoms. The van der Waals surface area contributed by atoms with Crippen molar-refractivity contribution >= 4 is 39.9 Å². The van der Waals surface area contributed by atoms with Crippen LogP contribution in [0.3, 0.4) is 0 Å². The zero-order valence-corrected chi connectivity index (χ0v) is 12.0. The van der Waals surface area contributed by atoms with Crippen molar-refractivity contribution in [2.45, 2.75) is 6.54 Å². The third kappa shape index (κ3) is 3.90. The Hall–Kier alpha value is 0.200. The molecule has 0 saturated carbocycles. The van der Waals surface area contributed by atoms with E-state index in [-0.39, 0.29) is 12.4 Å². The average molecular weight is 326 g/mol. The van der Waals surface area contributed by atoms with Gasteiger partial charge in [-0.2, -0.15) is 0 Å². The Kier molecular flexibility index (Phi) is 6.08. The van der Waals surface area contributed by atoms with E-state index < -0.39 is 0 Å². The van der Waals surface area contributed by atoms with Crippen LogP contribution in [0.5, 0.6) is 0 Å². The number of halogens is 3. The molecule has 0 atom stereocenters. The van der Waals surface area contributed by atoms with Crippen LogP contribution in [0.2, 0.25) is 5.02 Å². The third-order valence-electron chi connectivity index (χ3n) is 2.61. The van der Waals surface area contributed by atoms with E-state index in [0.29, 0.717) is 0 Å². The standard InChI is InChI=1S/C11H14BrClN2.ClH/c12-11-2-1-10(13)7-9(11)8-15-5-3-14-4-6-15;/h1-2,7,14H,3-6,8H2;1H. The molecule has 0 aromatic heterocycles. The predicted octanol–water partition coefficient (Wildman–Crippen LogP) is 2.93. The number of nitrogens with one attached hydrogen (secondary N) is 1. The summed E-state index contributed by atoms with van der Waals surface area (Å²) in [4.78, 5) is 2.44. The molecule has 0 spiro atoms. The summed E-state index contributed by atoms with van der Waals surface area (Å²) >= 11 is 9.54. The fourth-order valence-electron chi connectivity index (χ4n) is 1.77. The van der Waals surface area contributed by atoms with Crippen molar-refractivity contribution in [3.8, 4) is 0 Å². The molecular formula is C11H15BrCl2N2. The SMILES string of the molecule is Cl.Clc1ccc(Br)c(CN2CCNCC2)c1. The molecule has 0 aliphatic carbocycles. The van der Waals surface area contributed by atoms with Gasteiger partial charge in [-0.1, -0.05) is 27.5 Å². The molecule has 90 valence electrons. The van der Waals surface area contributed by atoms with Crippen LogP contribution in [0.1, 0.15) is 5.56 Å². The Labute approximate surface area is 116 Å². The van der Waals surface area contributed by atoms with Gasteiger partial charge in [0.2, 0.25) is 0 Å². The minimum Gasteiger partial charge on any atom is -0.314 e. The van der Waals surface area contributed by atoms with Crippen LogP contribution in [0, 0.1) is 0 Å². The Bertz CT molecular complexity index is 341. The van der Waals surface area contributed by atoms with Crippen molar-refractivity contribution in [3.63, 3.8) is 0 Å². The van der Waals surface area contributed by atoms with E-state index in [0.717, 1.165) is 42.2 Å². The first-order chi connectivity index (χ1) is 7.25. The zero-order chi connectivity index (χ0) is 10.7. The van der Waals surface area contributed by atoms with Crippen LogP contribution in [-0.2, 0) is 6.54 Å². The van der Waals surface area contributed by atoms with Gasteiger partial charge >= 0.3 is 0 Å². The molecule has 0 amide bonds. The number of benzene rings is 1. The average Bonchev–Trinajstić information content (AvgIpc) is 2.25. The summed E-state index contributed by atoms with van der Waals surface area (Å²) in [5, 5.41) is 4.16. The molecule has 1 aliphatic heterocycles. The third-order valence-corrected chi connectivity index (χ3v) is 3.62. The van der Waals surface area contributed by atoms with Crippen molar-refractivity contribution in [2.24, 2.45) is 0 Å². The second kappa shape index (κ2) is 6.82. The summed E-state index contributed by atoms with van der Waals surface area (Å²) in [6.45, 7) is 5.36. The van der Waals surface area contributed by atoms with Crippen LogP contribution >= 0.6 is 39.9 Å². The Balaban J connectivity index is 0.00000128. The summed E-state index contributed by atoms with van der Waals surface area (Å²) in [6, 6.07) is 5.96. The van der Waals surface area contributed by atoms with Gasteiger partial charge in [0.25, 0.3) is 0 Å². The maximum atomic E-state index is 5.98. The zero-order valence-electron chi connectivity index (χ0n) is 8.88. The molecule has 1 saturated heterocycles. The Morgan fingerprint density at radius 2 is 2.00 bits per heavy atom. The van der Waals surface area contributed by atoms with Gasteiger partial charge in [0, 0.05) is 42.2 Å². The molecule has 2 rings (SSSR count). The highest BCUT2D eigenvalue weighted by Gasteiger charge is 2.11. The topological polar surface area (TPSA) is 15.3 Å². The van der Waals surface area contributed by atoms with Crippen LogP contribution < -0.4 is 5.32 Å². The molecule has 2 nitrogen and oxygen atoms in total. The highest BCUT2D eigenvalue weighted by atomic mass is 79.9. The van der Waals surface area contributed by atoms with E-state index in [1.54, 1.807) is 0 Å². The fraction of sp³-hybridized carbons (Fsp3) is 0.455. The maximum Gasteiger partial charge on any atom is 0.0410 e. The second-order valence-electron chi connectivity index (χ2n) is 3.76. The molecule has 1 aliphatic rings. The van der Waals surface area contributed by atoms with E-state index in [2.05, 4.69) is 26.1 Å². The first-order valence-electron chi connectivity index (χ1n) is 5.13. The van der Waals surface area contributed by atoms with Crippen LogP contribution in [-0.4, -0.2) is 31.1 Å². The first-order valence-corrected chi connectivity index (χ1v) is 6.30. The number of piperazine rings is 1. The predicted molar refractivity (Wildman–Crippen MR) is 74.5 cm³/mol.